The highest BCUT2D eigenvalue weighted by atomic mass is 32.2. The van der Waals surface area contributed by atoms with Crippen LogP contribution in [0.4, 0.5) is 4.39 Å². The fourth-order valence-electron chi connectivity index (χ4n) is 3.71. The molecule has 3 atom stereocenters. The predicted molar refractivity (Wildman–Crippen MR) is 92.5 cm³/mol. The molecule has 1 N–H and O–H groups in total. The second-order valence-corrected chi connectivity index (χ2v) is 8.99. The summed E-state index contributed by atoms with van der Waals surface area (Å²) in [5.74, 6) is 0.991. The number of halogens is 1. The third-order valence-corrected chi connectivity index (χ3v) is 6.86. The van der Waals surface area contributed by atoms with Crippen LogP contribution in [0.1, 0.15) is 10.4 Å². The zero-order valence-corrected chi connectivity index (χ0v) is 15.3. The highest BCUT2D eigenvalue weighted by Crippen LogP contribution is 2.52. The summed E-state index contributed by atoms with van der Waals surface area (Å²) in [5.41, 5.74) is 0.226. The predicted octanol–water partition coefficient (Wildman–Crippen LogP) is 0.814. The van der Waals surface area contributed by atoms with Crippen molar-refractivity contribution in [1.29, 1.82) is 0 Å². The van der Waals surface area contributed by atoms with Crippen molar-refractivity contribution in [2.24, 2.45) is 17.8 Å². The summed E-state index contributed by atoms with van der Waals surface area (Å²) in [7, 11) is 0.456. The summed E-state index contributed by atoms with van der Waals surface area (Å²) in [5, 5.41) is 2.41. The normalized spacial score (nSPS) is 25.8. The van der Waals surface area contributed by atoms with Crippen molar-refractivity contribution in [1.82, 2.24) is 14.5 Å². The zero-order valence-electron chi connectivity index (χ0n) is 14.5. The first kappa shape index (κ1) is 18.3. The Kier molecular flexibility index (Phi) is 5.13. The average Bonchev–Trinajstić information content (AvgIpc) is 3.01. The van der Waals surface area contributed by atoms with Crippen LogP contribution in [-0.4, -0.2) is 70.5 Å². The fourth-order valence-corrected chi connectivity index (χ4v) is 5.27. The van der Waals surface area contributed by atoms with E-state index < -0.39 is 22.6 Å². The molecule has 6 nitrogen and oxygen atoms in total. The van der Waals surface area contributed by atoms with E-state index >= 15 is 0 Å². The molecule has 2 aliphatic rings. The van der Waals surface area contributed by atoms with Crippen LogP contribution >= 0.6 is 0 Å². The molecule has 1 saturated heterocycles. The number of benzene rings is 1. The van der Waals surface area contributed by atoms with E-state index in [0.717, 1.165) is 6.54 Å². The maximum Gasteiger partial charge on any atom is 0.251 e. The second-order valence-electron chi connectivity index (χ2n) is 7.05. The first-order valence-electron chi connectivity index (χ1n) is 8.43. The number of sulfonamides is 1. The zero-order chi connectivity index (χ0) is 18.2. The Morgan fingerprint density at radius 3 is 2.60 bits per heavy atom. The van der Waals surface area contributed by atoms with Crippen LogP contribution in [0.3, 0.4) is 0 Å². The fraction of sp³-hybridized carbons (Fsp3) is 0.588. The summed E-state index contributed by atoms with van der Waals surface area (Å²) in [6.07, 6.45) is 0. The summed E-state index contributed by atoms with van der Waals surface area (Å²) < 4.78 is 39.4. The number of nitrogens with one attached hydrogen (secondary N) is 1. The smallest absolute Gasteiger partial charge is 0.251 e. The topological polar surface area (TPSA) is 69.7 Å². The Morgan fingerprint density at radius 2 is 2.00 bits per heavy atom. The van der Waals surface area contributed by atoms with E-state index in [1.54, 1.807) is 6.07 Å². The number of alkyl halides is 1. The molecule has 0 aromatic heterocycles. The largest absolute Gasteiger partial charge is 0.349 e. The quantitative estimate of drug-likeness (QED) is 0.772. The van der Waals surface area contributed by atoms with Crippen LogP contribution in [0.5, 0.6) is 0 Å². The van der Waals surface area contributed by atoms with Crippen molar-refractivity contribution in [3.63, 3.8) is 0 Å². The van der Waals surface area contributed by atoms with Gasteiger partial charge < -0.3 is 10.2 Å². The average molecular weight is 369 g/mol. The molecule has 0 radical (unpaired) electrons. The number of carbonyl (C=O) groups excluding carboxylic acids is 1. The van der Waals surface area contributed by atoms with Crippen molar-refractivity contribution in [2.75, 3.05) is 46.9 Å². The van der Waals surface area contributed by atoms with Gasteiger partial charge in [-0.05, 0) is 50.0 Å². The molecule has 8 heteroatoms. The van der Waals surface area contributed by atoms with Crippen molar-refractivity contribution < 1.29 is 17.6 Å². The molecular formula is C17H24FN3O3S. The van der Waals surface area contributed by atoms with Gasteiger partial charge in [-0.2, -0.15) is 4.31 Å². The molecule has 1 unspecified atom stereocenters. The number of nitrogens with zero attached hydrogens (tertiary/aromatic N) is 2. The number of hydrogen-bond donors (Lipinski definition) is 1. The second kappa shape index (κ2) is 7.01. The van der Waals surface area contributed by atoms with Gasteiger partial charge >= 0.3 is 0 Å². The van der Waals surface area contributed by atoms with Crippen molar-refractivity contribution in [3.05, 3.63) is 29.8 Å². The summed E-state index contributed by atoms with van der Waals surface area (Å²) >= 11 is 0. The number of fused-ring (bicyclic) bond motifs is 1. The number of hydrogen-bond acceptors (Lipinski definition) is 4. The first-order chi connectivity index (χ1) is 11.8. The number of rotatable bonds is 7. The van der Waals surface area contributed by atoms with Crippen LogP contribution in [0.2, 0.25) is 0 Å². The first-order valence-corrected chi connectivity index (χ1v) is 9.87. The summed E-state index contributed by atoms with van der Waals surface area (Å²) in [6.45, 7) is 1.34. The monoisotopic (exact) mass is 369 g/mol. The van der Waals surface area contributed by atoms with Crippen LogP contribution in [-0.2, 0) is 10.0 Å². The summed E-state index contributed by atoms with van der Waals surface area (Å²) in [4.78, 5) is 14.2. The third kappa shape index (κ3) is 3.70. The lowest BCUT2D eigenvalue weighted by Gasteiger charge is -2.21. The van der Waals surface area contributed by atoms with E-state index in [1.807, 2.05) is 14.1 Å². The Labute approximate surface area is 148 Å². The molecule has 3 rings (SSSR count). The molecule has 1 aromatic carbocycles. The highest BCUT2D eigenvalue weighted by molar-refractivity contribution is 7.89. The molecule has 1 saturated carbocycles. The van der Waals surface area contributed by atoms with Gasteiger partial charge in [-0.15, -0.1) is 0 Å². The van der Waals surface area contributed by atoms with Gasteiger partial charge in [0.2, 0.25) is 10.0 Å². The van der Waals surface area contributed by atoms with E-state index in [1.165, 1.54) is 22.5 Å². The molecular weight excluding hydrogens is 345 g/mol. The Morgan fingerprint density at radius 1 is 1.32 bits per heavy atom. The van der Waals surface area contributed by atoms with Gasteiger partial charge in [-0.1, -0.05) is 6.07 Å². The van der Waals surface area contributed by atoms with Crippen LogP contribution in [0.15, 0.2) is 29.2 Å². The third-order valence-electron chi connectivity index (χ3n) is 5.03. The number of piperidine rings is 1. The van der Waals surface area contributed by atoms with Crippen LogP contribution in [0, 0.1) is 17.8 Å². The minimum atomic E-state index is -3.60. The Hall–Kier alpha value is -1.51. The highest BCUT2D eigenvalue weighted by Gasteiger charge is 2.57. The van der Waals surface area contributed by atoms with Gasteiger partial charge in [-0.25, -0.2) is 12.8 Å². The lowest BCUT2D eigenvalue weighted by atomic mass is 10.2. The lowest BCUT2D eigenvalue weighted by molar-refractivity contribution is 0.0950. The van der Waals surface area contributed by atoms with E-state index in [-0.39, 0.29) is 17.0 Å². The minimum absolute atomic E-state index is 0.0848. The molecule has 2 fully saturated rings. The van der Waals surface area contributed by atoms with E-state index in [9.17, 15) is 17.6 Å². The maximum absolute atomic E-state index is 12.8. The van der Waals surface area contributed by atoms with Gasteiger partial charge in [0, 0.05) is 31.7 Å². The van der Waals surface area contributed by atoms with Crippen molar-refractivity contribution in [2.45, 2.75) is 4.90 Å². The molecule has 0 bridgehead atoms. The molecule has 1 aliphatic carbocycles. The van der Waals surface area contributed by atoms with Gasteiger partial charge in [0.15, 0.2) is 0 Å². The van der Waals surface area contributed by atoms with E-state index in [4.69, 9.17) is 0 Å². The van der Waals surface area contributed by atoms with Gasteiger partial charge in [0.25, 0.3) is 5.91 Å². The van der Waals surface area contributed by atoms with Crippen LogP contribution in [0.25, 0.3) is 0 Å². The van der Waals surface area contributed by atoms with Gasteiger partial charge in [-0.3, -0.25) is 4.79 Å². The SMILES string of the molecule is CN(C)CC1[C@H]2CN(S(=O)(=O)c3cccc(C(=O)NCCF)c3)C[C@@H]12. The maximum atomic E-state index is 12.8. The summed E-state index contributed by atoms with van der Waals surface area (Å²) in [6, 6.07) is 5.94. The van der Waals surface area contributed by atoms with E-state index in [2.05, 4.69) is 10.2 Å². The number of amides is 1. The molecule has 1 heterocycles. The molecule has 0 spiro atoms. The van der Waals surface area contributed by atoms with Gasteiger partial charge in [0.1, 0.15) is 6.67 Å². The van der Waals surface area contributed by atoms with E-state index in [0.29, 0.717) is 30.8 Å². The Balaban J connectivity index is 1.69. The molecule has 25 heavy (non-hydrogen) atoms. The number of carbonyl (C=O) groups is 1. The standard InChI is InChI=1S/C17H24FN3O3S/c1-20(2)9-14-15-10-21(11-16(14)15)25(23,24)13-5-3-4-12(8-13)17(22)19-7-6-18/h3-5,8,14-16H,6-7,9-11H2,1-2H3,(H,19,22)/t14?,15-,16+. The molecule has 138 valence electrons. The molecule has 1 aliphatic heterocycles. The minimum Gasteiger partial charge on any atom is -0.349 e. The Bertz CT molecular complexity index is 741. The van der Waals surface area contributed by atoms with Crippen molar-refractivity contribution >= 4 is 15.9 Å². The van der Waals surface area contributed by atoms with Crippen molar-refractivity contribution in [3.8, 4) is 0 Å². The lowest BCUT2D eigenvalue weighted by Crippen LogP contribution is -2.33. The van der Waals surface area contributed by atoms with Gasteiger partial charge in [0.05, 0.1) is 4.90 Å². The molecule has 1 amide bonds. The van der Waals surface area contributed by atoms with Crippen LogP contribution < -0.4 is 5.32 Å². The molecule has 1 aromatic rings.